The molecule has 0 unspecified atom stereocenters. The van der Waals surface area contributed by atoms with Crippen LogP contribution < -0.4 is 0 Å². The molecule has 28 heavy (non-hydrogen) atoms. The molecule has 0 saturated carbocycles. The Morgan fingerprint density at radius 3 is 2.71 bits per heavy atom. The monoisotopic (exact) mass is 395 g/mol. The molecule has 0 radical (unpaired) electrons. The maximum atomic E-state index is 12.8. The van der Waals surface area contributed by atoms with Gasteiger partial charge in [-0.2, -0.15) is 18.3 Å². The molecule has 1 aliphatic rings. The normalized spacial score (nSPS) is 16.3. The summed E-state index contributed by atoms with van der Waals surface area (Å²) in [6.07, 6.45) is -0.487. The van der Waals surface area contributed by atoms with Crippen LogP contribution in [0, 0.1) is 5.92 Å². The average molecular weight is 395 g/mol. The molecule has 6 nitrogen and oxygen atoms in total. The van der Waals surface area contributed by atoms with E-state index in [1.165, 1.54) is 18.5 Å². The number of nitrogens with one attached hydrogen (secondary N) is 1. The molecule has 1 N–H and O–H groups in total. The van der Waals surface area contributed by atoms with E-state index in [9.17, 15) is 18.0 Å². The van der Waals surface area contributed by atoms with Gasteiger partial charge in [0.25, 0.3) is 5.91 Å². The fourth-order valence-corrected chi connectivity index (χ4v) is 3.54. The van der Waals surface area contributed by atoms with Crippen LogP contribution in [0.25, 0.3) is 0 Å². The Labute approximate surface area is 161 Å². The van der Waals surface area contributed by atoms with E-state index in [0.29, 0.717) is 24.4 Å². The summed E-state index contributed by atoms with van der Waals surface area (Å²) in [6.45, 7) is 3.16. The second kappa shape index (κ2) is 8.72. The van der Waals surface area contributed by atoms with E-state index in [4.69, 9.17) is 0 Å². The highest BCUT2D eigenvalue weighted by Crippen LogP contribution is 2.29. The number of benzene rings is 1. The van der Waals surface area contributed by atoms with Gasteiger partial charge in [0.05, 0.1) is 5.56 Å². The number of amides is 1. The molecule has 152 valence electrons. The first-order chi connectivity index (χ1) is 13.3. The second-order valence-corrected chi connectivity index (χ2v) is 7.25. The van der Waals surface area contributed by atoms with Gasteiger partial charge in [-0.15, -0.1) is 0 Å². The zero-order valence-corrected chi connectivity index (χ0v) is 15.7. The van der Waals surface area contributed by atoms with Gasteiger partial charge in [0, 0.05) is 20.1 Å². The molecule has 1 fully saturated rings. The van der Waals surface area contributed by atoms with Gasteiger partial charge in [0.15, 0.2) is 0 Å². The lowest BCUT2D eigenvalue weighted by Crippen LogP contribution is -2.40. The molecule has 3 rings (SSSR count). The molecule has 0 bridgehead atoms. The molecule has 1 aromatic carbocycles. The molecule has 0 atom stereocenters. The first-order valence-electron chi connectivity index (χ1n) is 9.32. The first kappa shape index (κ1) is 20.3. The number of aromatic nitrogens is 3. The molecule has 9 heteroatoms. The highest BCUT2D eigenvalue weighted by atomic mass is 19.4. The van der Waals surface area contributed by atoms with Crippen molar-refractivity contribution in [3.63, 3.8) is 0 Å². The quantitative estimate of drug-likeness (QED) is 0.817. The van der Waals surface area contributed by atoms with Crippen LogP contribution in [0.4, 0.5) is 13.2 Å². The zero-order valence-electron chi connectivity index (χ0n) is 15.7. The van der Waals surface area contributed by atoms with Crippen LogP contribution in [-0.4, -0.2) is 64.1 Å². The van der Waals surface area contributed by atoms with Gasteiger partial charge < -0.3 is 9.80 Å². The van der Waals surface area contributed by atoms with E-state index in [0.717, 1.165) is 38.5 Å². The molecule has 2 heterocycles. The van der Waals surface area contributed by atoms with Crippen LogP contribution in [0.2, 0.25) is 0 Å². The van der Waals surface area contributed by atoms with Crippen molar-refractivity contribution >= 4 is 5.91 Å². The van der Waals surface area contributed by atoms with E-state index < -0.39 is 11.7 Å². The fourth-order valence-electron chi connectivity index (χ4n) is 3.54. The number of alkyl halides is 3. The molecule has 0 aliphatic carbocycles. The lowest BCUT2D eigenvalue weighted by Gasteiger charge is -2.33. The molecule has 1 saturated heterocycles. The largest absolute Gasteiger partial charge is 0.416 e. The lowest BCUT2D eigenvalue weighted by molar-refractivity contribution is -0.137. The third kappa shape index (κ3) is 5.31. The van der Waals surface area contributed by atoms with Gasteiger partial charge in [0.2, 0.25) is 5.82 Å². The van der Waals surface area contributed by atoms with Crippen molar-refractivity contribution in [3.05, 3.63) is 47.5 Å². The van der Waals surface area contributed by atoms with Gasteiger partial charge in [-0.25, -0.2) is 4.98 Å². The topological polar surface area (TPSA) is 65.1 Å². The summed E-state index contributed by atoms with van der Waals surface area (Å²) in [5.41, 5.74) is 0.109. The number of carbonyl (C=O) groups excluding carboxylic acids is 1. The smallest absolute Gasteiger partial charge is 0.339 e. The summed E-state index contributed by atoms with van der Waals surface area (Å²) < 4.78 is 38.4. The van der Waals surface area contributed by atoms with E-state index >= 15 is 0 Å². The minimum atomic E-state index is -4.30. The number of hydrogen-bond donors (Lipinski definition) is 1. The molecule has 0 spiro atoms. The van der Waals surface area contributed by atoms with Crippen molar-refractivity contribution in [3.8, 4) is 0 Å². The fraction of sp³-hybridized carbons (Fsp3) is 0.526. The number of piperidine rings is 1. The van der Waals surface area contributed by atoms with Gasteiger partial charge in [-0.1, -0.05) is 18.2 Å². The van der Waals surface area contributed by atoms with Crippen molar-refractivity contribution in [1.82, 2.24) is 25.0 Å². The standard InChI is InChI=1S/C19H24F3N5O/c1-26(18(28)17-23-13-24-25-17)12-15-6-9-27(10-7-15)8-5-14-3-2-4-16(11-14)19(20,21)22/h2-4,11,13,15H,5-10,12H2,1H3,(H,23,24,25). The highest BCUT2D eigenvalue weighted by Gasteiger charge is 2.30. The number of rotatable bonds is 6. The van der Waals surface area contributed by atoms with Gasteiger partial charge >= 0.3 is 6.18 Å². The minimum Gasteiger partial charge on any atom is -0.339 e. The molecule has 2 aromatic rings. The van der Waals surface area contributed by atoms with Crippen LogP contribution in [0.15, 0.2) is 30.6 Å². The van der Waals surface area contributed by atoms with Crippen LogP contribution in [-0.2, 0) is 12.6 Å². The Hall–Kier alpha value is -2.42. The Kier molecular flexibility index (Phi) is 6.33. The van der Waals surface area contributed by atoms with Crippen LogP contribution in [0.5, 0.6) is 0 Å². The third-order valence-corrected chi connectivity index (χ3v) is 5.17. The number of hydrogen-bond acceptors (Lipinski definition) is 4. The van der Waals surface area contributed by atoms with Crippen molar-refractivity contribution < 1.29 is 18.0 Å². The number of carbonyl (C=O) groups is 1. The summed E-state index contributed by atoms with van der Waals surface area (Å²) in [5, 5.41) is 6.27. The predicted octanol–water partition coefficient (Wildman–Crippen LogP) is 2.85. The van der Waals surface area contributed by atoms with Crippen LogP contribution >= 0.6 is 0 Å². The Morgan fingerprint density at radius 1 is 1.32 bits per heavy atom. The van der Waals surface area contributed by atoms with E-state index in [2.05, 4.69) is 20.1 Å². The average Bonchev–Trinajstić information content (AvgIpc) is 3.21. The highest BCUT2D eigenvalue weighted by molar-refractivity contribution is 5.90. The second-order valence-electron chi connectivity index (χ2n) is 7.25. The molecular formula is C19H24F3N5O. The number of nitrogens with zero attached hydrogens (tertiary/aromatic N) is 4. The maximum absolute atomic E-state index is 12.8. The summed E-state index contributed by atoms with van der Waals surface area (Å²) >= 11 is 0. The maximum Gasteiger partial charge on any atom is 0.416 e. The SMILES string of the molecule is CN(CC1CCN(CCc2cccc(C(F)(F)F)c2)CC1)C(=O)c1ncn[nH]1. The number of H-pyrrole nitrogens is 1. The van der Waals surface area contributed by atoms with Crippen LogP contribution in [0.3, 0.4) is 0 Å². The summed E-state index contributed by atoms with van der Waals surface area (Å²) in [7, 11) is 1.75. The Morgan fingerprint density at radius 2 is 2.07 bits per heavy atom. The first-order valence-corrected chi connectivity index (χ1v) is 9.32. The zero-order chi connectivity index (χ0) is 20.1. The van der Waals surface area contributed by atoms with Crippen molar-refractivity contribution in [2.24, 2.45) is 5.92 Å². The van der Waals surface area contributed by atoms with E-state index in [1.807, 2.05) is 0 Å². The van der Waals surface area contributed by atoms with Gasteiger partial charge in [0.1, 0.15) is 6.33 Å². The minimum absolute atomic E-state index is 0.176. The molecule has 1 amide bonds. The Bertz CT molecular complexity index is 770. The van der Waals surface area contributed by atoms with Crippen molar-refractivity contribution in [1.29, 1.82) is 0 Å². The summed E-state index contributed by atoms with van der Waals surface area (Å²) in [5.74, 6) is 0.465. The number of halogens is 3. The number of likely N-dealkylation sites (tertiary alicyclic amines) is 1. The summed E-state index contributed by atoms with van der Waals surface area (Å²) in [6, 6.07) is 5.54. The van der Waals surface area contributed by atoms with Crippen molar-refractivity contribution in [2.75, 3.05) is 33.2 Å². The molecule has 1 aliphatic heterocycles. The molecule has 1 aromatic heterocycles. The lowest BCUT2D eigenvalue weighted by atomic mass is 9.96. The van der Waals surface area contributed by atoms with E-state index in [-0.39, 0.29) is 11.7 Å². The van der Waals surface area contributed by atoms with Crippen LogP contribution in [0.1, 0.15) is 34.6 Å². The van der Waals surface area contributed by atoms with E-state index in [1.54, 1.807) is 18.0 Å². The summed E-state index contributed by atoms with van der Waals surface area (Å²) in [4.78, 5) is 20.0. The third-order valence-electron chi connectivity index (χ3n) is 5.17. The number of aromatic amines is 1. The van der Waals surface area contributed by atoms with Crippen molar-refractivity contribution in [2.45, 2.75) is 25.4 Å². The molecular weight excluding hydrogens is 371 g/mol. The van der Waals surface area contributed by atoms with Gasteiger partial charge in [-0.05, 0) is 49.9 Å². The Balaban J connectivity index is 1.43. The predicted molar refractivity (Wildman–Crippen MR) is 97.7 cm³/mol. The van der Waals surface area contributed by atoms with Gasteiger partial charge in [-0.3, -0.25) is 9.89 Å².